The van der Waals surface area contributed by atoms with Gasteiger partial charge in [0.2, 0.25) is 10.0 Å². The summed E-state index contributed by atoms with van der Waals surface area (Å²) in [6, 6.07) is -0.486. The van der Waals surface area contributed by atoms with E-state index in [0.29, 0.717) is 6.42 Å². The monoisotopic (exact) mass is 239 g/mol. The second-order valence-corrected chi connectivity index (χ2v) is 5.10. The second kappa shape index (κ2) is 6.76. The van der Waals surface area contributed by atoms with Crippen LogP contribution in [-0.2, 0) is 14.8 Å². The highest BCUT2D eigenvalue weighted by atomic mass is 32.2. The lowest BCUT2D eigenvalue weighted by Crippen LogP contribution is -2.38. The van der Waals surface area contributed by atoms with E-state index in [0.717, 1.165) is 0 Å². The molecule has 0 aromatic heterocycles. The number of nitrogens with one attached hydrogen (secondary N) is 1. The molecule has 0 saturated carbocycles. The van der Waals surface area contributed by atoms with Crippen LogP contribution in [0.2, 0.25) is 0 Å². The number of carboxylic acids is 1. The second-order valence-electron chi connectivity index (χ2n) is 3.22. The third-order valence-corrected chi connectivity index (χ3v) is 3.38. The SMILES string of the molecule is CC[C@@H](CO)NS(=O)(=O)CCCC(=O)O. The van der Waals surface area contributed by atoms with Crippen LogP contribution in [-0.4, -0.2) is 43.0 Å². The molecule has 0 amide bonds. The van der Waals surface area contributed by atoms with Crippen LogP contribution in [0.25, 0.3) is 0 Å². The van der Waals surface area contributed by atoms with Gasteiger partial charge in [0.05, 0.1) is 12.4 Å². The molecule has 0 unspecified atom stereocenters. The molecule has 1 atom stereocenters. The molecule has 0 fully saturated rings. The number of hydrogen-bond donors (Lipinski definition) is 3. The quantitative estimate of drug-likeness (QED) is 0.532. The summed E-state index contributed by atoms with van der Waals surface area (Å²) in [5, 5.41) is 17.1. The predicted molar refractivity (Wildman–Crippen MR) is 55.0 cm³/mol. The molecule has 0 aromatic carbocycles. The summed E-state index contributed by atoms with van der Waals surface area (Å²) in [5.41, 5.74) is 0. The zero-order chi connectivity index (χ0) is 11.9. The summed E-state index contributed by atoms with van der Waals surface area (Å²) in [5.74, 6) is -1.24. The number of aliphatic hydroxyl groups excluding tert-OH is 1. The largest absolute Gasteiger partial charge is 0.481 e. The Kier molecular flexibility index (Phi) is 6.46. The van der Waals surface area contributed by atoms with E-state index in [9.17, 15) is 13.2 Å². The highest BCUT2D eigenvalue weighted by Gasteiger charge is 2.15. The first-order valence-electron chi connectivity index (χ1n) is 4.74. The molecule has 0 aliphatic heterocycles. The number of carboxylic acid groups (broad SMARTS) is 1. The Bertz CT molecular complexity index is 283. The zero-order valence-corrected chi connectivity index (χ0v) is 9.46. The lowest BCUT2D eigenvalue weighted by molar-refractivity contribution is -0.137. The Labute approximate surface area is 89.4 Å². The highest BCUT2D eigenvalue weighted by molar-refractivity contribution is 7.89. The van der Waals surface area contributed by atoms with Crippen LogP contribution in [0.5, 0.6) is 0 Å². The molecule has 90 valence electrons. The Balaban J connectivity index is 4.02. The average molecular weight is 239 g/mol. The van der Waals surface area contributed by atoms with Crippen molar-refractivity contribution < 1.29 is 23.4 Å². The Morgan fingerprint density at radius 2 is 2.07 bits per heavy atom. The number of carbonyl (C=O) groups is 1. The first-order valence-corrected chi connectivity index (χ1v) is 6.39. The molecule has 0 saturated heterocycles. The summed E-state index contributed by atoms with van der Waals surface area (Å²) in [4.78, 5) is 10.2. The van der Waals surface area contributed by atoms with E-state index in [2.05, 4.69) is 4.72 Å². The summed E-state index contributed by atoms with van der Waals surface area (Å²) >= 11 is 0. The summed E-state index contributed by atoms with van der Waals surface area (Å²) in [7, 11) is -3.47. The molecular weight excluding hydrogens is 222 g/mol. The predicted octanol–water partition coefficient (Wildman–Crippen LogP) is -0.458. The van der Waals surface area contributed by atoms with Gasteiger partial charge in [-0.25, -0.2) is 13.1 Å². The molecule has 15 heavy (non-hydrogen) atoms. The fraction of sp³-hybridized carbons (Fsp3) is 0.875. The van der Waals surface area contributed by atoms with Crippen molar-refractivity contribution in [2.75, 3.05) is 12.4 Å². The van der Waals surface area contributed by atoms with Crippen LogP contribution in [0.4, 0.5) is 0 Å². The number of sulfonamides is 1. The van der Waals surface area contributed by atoms with E-state index in [1.165, 1.54) is 0 Å². The van der Waals surface area contributed by atoms with E-state index in [4.69, 9.17) is 10.2 Å². The standard InChI is InChI=1S/C8H17NO5S/c1-2-7(6-10)9-15(13,14)5-3-4-8(11)12/h7,9-10H,2-6H2,1H3,(H,11,12)/t7-/m0/s1. The topological polar surface area (TPSA) is 104 Å². The van der Waals surface area contributed by atoms with E-state index in [1.54, 1.807) is 6.92 Å². The van der Waals surface area contributed by atoms with Crippen LogP contribution in [0.15, 0.2) is 0 Å². The molecule has 0 aromatic rings. The smallest absolute Gasteiger partial charge is 0.303 e. The molecule has 0 aliphatic rings. The van der Waals surface area contributed by atoms with Crippen molar-refractivity contribution in [3.05, 3.63) is 0 Å². The first kappa shape index (κ1) is 14.3. The molecule has 3 N–H and O–H groups in total. The van der Waals surface area contributed by atoms with Gasteiger partial charge in [-0.3, -0.25) is 4.79 Å². The number of aliphatic hydroxyl groups is 1. The van der Waals surface area contributed by atoms with Crippen LogP contribution in [0.1, 0.15) is 26.2 Å². The molecule has 0 bridgehead atoms. The van der Waals surface area contributed by atoms with E-state index in [-0.39, 0.29) is 25.2 Å². The van der Waals surface area contributed by atoms with Gasteiger partial charge in [0.25, 0.3) is 0 Å². The van der Waals surface area contributed by atoms with Crippen LogP contribution in [0.3, 0.4) is 0 Å². The van der Waals surface area contributed by atoms with Crippen molar-refractivity contribution in [1.82, 2.24) is 4.72 Å². The molecule has 6 nitrogen and oxygen atoms in total. The van der Waals surface area contributed by atoms with Gasteiger partial charge in [-0.2, -0.15) is 0 Å². The maximum atomic E-state index is 11.3. The lowest BCUT2D eigenvalue weighted by atomic mass is 10.3. The molecule has 0 aliphatic carbocycles. The molecule has 0 rings (SSSR count). The third-order valence-electron chi connectivity index (χ3n) is 1.86. The van der Waals surface area contributed by atoms with Gasteiger partial charge >= 0.3 is 5.97 Å². The minimum absolute atomic E-state index is 0.0759. The van der Waals surface area contributed by atoms with Gasteiger partial charge in [-0.15, -0.1) is 0 Å². The fourth-order valence-electron chi connectivity index (χ4n) is 0.976. The molecule has 0 radical (unpaired) electrons. The molecule has 0 heterocycles. The van der Waals surface area contributed by atoms with Crippen LogP contribution < -0.4 is 4.72 Å². The number of rotatable bonds is 8. The average Bonchev–Trinajstić information content (AvgIpc) is 2.13. The molecular formula is C8H17NO5S. The summed E-state index contributed by atoms with van der Waals surface area (Å²) in [6.07, 6.45) is 0.401. The normalized spacial score (nSPS) is 13.7. The van der Waals surface area contributed by atoms with Crippen molar-refractivity contribution in [3.8, 4) is 0 Å². The number of hydrogen-bond acceptors (Lipinski definition) is 4. The van der Waals surface area contributed by atoms with Crippen LogP contribution in [0, 0.1) is 0 Å². The third kappa shape index (κ3) is 7.29. The van der Waals surface area contributed by atoms with Crippen molar-refractivity contribution in [1.29, 1.82) is 0 Å². The van der Waals surface area contributed by atoms with Gasteiger partial charge in [0, 0.05) is 12.5 Å². The van der Waals surface area contributed by atoms with Crippen LogP contribution >= 0.6 is 0 Å². The molecule has 7 heteroatoms. The van der Waals surface area contributed by atoms with E-state index >= 15 is 0 Å². The highest BCUT2D eigenvalue weighted by Crippen LogP contribution is 1.98. The van der Waals surface area contributed by atoms with Gasteiger partial charge in [-0.1, -0.05) is 6.92 Å². The lowest BCUT2D eigenvalue weighted by Gasteiger charge is -2.13. The maximum absolute atomic E-state index is 11.3. The summed E-state index contributed by atoms with van der Waals surface area (Å²) in [6.45, 7) is 1.50. The first-order chi connectivity index (χ1) is 6.91. The van der Waals surface area contributed by atoms with E-state index < -0.39 is 22.0 Å². The van der Waals surface area contributed by atoms with Crippen molar-refractivity contribution in [2.24, 2.45) is 0 Å². The van der Waals surface area contributed by atoms with Gasteiger partial charge < -0.3 is 10.2 Å². The maximum Gasteiger partial charge on any atom is 0.303 e. The Morgan fingerprint density at radius 3 is 2.47 bits per heavy atom. The van der Waals surface area contributed by atoms with Crippen molar-refractivity contribution in [2.45, 2.75) is 32.2 Å². The zero-order valence-electron chi connectivity index (χ0n) is 8.64. The van der Waals surface area contributed by atoms with Gasteiger partial charge in [-0.05, 0) is 12.8 Å². The minimum Gasteiger partial charge on any atom is -0.481 e. The summed E-state index contributed by atoms with van der Waals surface area (Å²) < 4.78 is 24.9. The molecule has 0 spiro atoms. The van der Waals surface area contributed by atoms with Gasteiger partial charge in [0.15, 0.2) is 0 Å². The number of aliphatic carboxylic acids is 1. The van der Waals surface area contributed by atoms with Crippen molar-refractivity contribution >= 4 is 16.0 Å². The van der Waals surface area contributed by atoms with Crippen molar-refractivity contribution in [3.63, 3.8) is 0 Å². The Hall–Kier alpha value is -0.660. The van der Waals surface area contributed by atoms with Gasteiger partial charge in [0.1, 0.15) is 0 Å². The Morgan fingerprint density at radius 1 is 1.47 bits per heavy atom. The van der Waals surface area contributed by atoms with E-state index in [1.807, 2.05) is 0 Å². The minimum atomic E-state index is -3.47. The fourth-order valence-corrected chi connectivity index (χ4v) is 2.37.